The van der Waals surface area contributed by atoms with Crippen molar-refractivity contribution in [1.82, 2.24) is 9.88 Å². The van der Waals surface area contributed by atoms with Gasteiger partial charge in [0.05, 0.1) is 17.4 Å². The van der Waals surface area contributed by atoms with Crippen molar-refractivity contribution >= 4 is 11.9 Å². The average molecular weight is 252 g/mol. The van der Waals surface area contributed by atoms with Gasteiger partial charge < -0.3 is 15.1 Å². The summed E-state index contributed by atoms with van der Waals surface area (Å²) < 4.78 is 0. The molecule has 0 aliphatic rings. The molecule has 0 spiro atoms. The second kappa shape index (κ2) is 5.59. The molecule has 1 amide bonds. The van der Waals surface area contributed by atoms with Gasteiger partial charge in [-0.05, 0) is 26.0 Å². The number of aliphatic hydroxyl groups excluding tert-OH is 1. The first kappa shape index (κ1) is 14.1. The molecule has 0 aromatic carbocycles. The number of aryl methyl sites for hydroxylation is 1. The quantitative estimate of drug-likeness (QED) is 0.816. The zero-order valence-electron chi connectivity index (χ0n) is 10.5. The number of aromatic carboxylic acids is 1. The highest BCUT2D eigenvalue weighted by Gasteiger charge is 2.17. The number of rotatable bonds is 4. The Bertz CT molecular complexity index is 471. The number of hydrogen-bond donors (Lipinski definition) is 2. The number of pyridine rings is 1. The summed E-state index contributed by atoms with van der Waals surface area (Å²) in [6.07, 6.45) is -0.627. The third-order valence-corrected chi connectivity index (χ3v) is 2.42. The van der Waals surface area contributed by atoms with Crippen LogP contribution in [0.3, 0.4) is 0 Å². The van der Waals surface area contributed by atoms with Crippen LogP contribution in [0.4, 0.5) is 0 Å². The predicted octanol–water partition coefficient (Wildman–Crippen LogP) is 0.541. The fourth-order valence-corrected chi connectivity index (χ4v) is 1.58. The summed E-state index contributed by atoms with van der Waals surface area (Å²) in [6, 6.07) is 2.73. The zero-order valence-corrected chi connectivity index (χ0v) is 10.5. The normalized spacial score (nSPS) is 12.0. The van der Waals surface area contributed by atoms with Crippen LogP contribution in [0.5, 0.6) is 0 Å². The Morgan fingerprint density at radius 1 is 1.44 bits per heavy atom. The fourth-order valence-electron chi connectivity index (χ4n) is 1.58. The Morgan fingerprint density at radius 2 is 2.06 bits per heavy atom. The van der Waals surface area contributed by atoms with E-state index < -0.39 is 12.1 Å². The van der Waals surface area contributed by atoms with Gasteiger partial charge in [0.25, 0.3) is 5.91 Å². The van der Waals surface area contributed by atoms with Crippen molar-refractivity contribution < 1.29 is 19.8 Å². The SMILES string of the molecule is Cc1nc(C(=O)N(C)CC(C)O)ccc1C(=O)O. The minimum Gasteiger partial charge on any atom is -0.478 e. The molecule has 0 radical (unpaired) electrons. The zero-order chi connectivity index (χ0) is 13.9. The molecule has 1 aromatic heterocycles. The number of carbonyl (C=O) groups is 2. The summed E-state index contributed by atoms with van der Waals surface area (Å²) >= 11 is 0. The van der Waals surface area contributed by atoms with E-state index in [0.29, 0.717) is 5.69 Å². The number of hydrogen-bond acceptors (Lipinski definition) is 4. The highest BCUT2D eigenvalue weighted by Crippen LogP contribution is 2.09. The molecule has 1 heterocycles. The number of likely N-dealkylation sites (N-methyl/N-ethyl adjacent to an activating group) is 1. The van der Waals surface area contributed by atoms with E-state index in [1.54, 1.807) is 14.0 Å². The third-order valence-electron chi connectivity index (χ3n) is 2.42. The molecule has 1 atom stereocenters. The van der Waals surface area contributed by atoms with Crippen molar-refractivity contribution in [2.24, 2.45) is 0 Å². The summed E-state index contributed by atoms with van der Waals surface area (Å²) in [6.45, 7) is 3.31. The molecule has 0 aliphatic heterocycles. The highest BCUT2D eigenvalue weighted by atomic mass is 16.4. The van der Waals surface area contributed by atoms with Crippen molar-refractivity contribution in [1.29, 1.82) is 0 Å². The minimum atomic E-state index is -1.07. The van der Waals surface area contributed by atoms with Crippen LogP contribution in [-0.4, -0.2) is 51.7 Å². The van der Waals surface area contributed by atoms with E-state index >= 15 is 0 Å². The van der Waals surface area contributed by atoms with Crippen molar-refractivity contribution in [2.45, 2.75) is 20.0 Å². The van der Waals surface area contributed by atoms with E-state index in [1.807, 2.05) is 0 Å². The molecule has 0 saturated heterocycles. The number of carboxylic acid groups (broad SMARTS) is 1. The van der Waals surface area contributed by atoms with Crippen molar-refractivity contribution in [3.05, 3.63) is 29.1 Å². The maximum atomic E-state index is 11.9. The topological polar surface area (TPSA) is 90.7 Å². The Hall–Kier alpha value is -1.95. The number of aliphatic hydroxyl groups is 1. The lowest BCUT2D eigenvalue weighted by molar-refractivity contribution is 0.0684. The molecule has 1 aromatic rings. The number of aromatic nitrogens is 1. The van der Waals surface area contributed by atoms with Gasteiger partial charge in [0.15, 0.2) is 0 Å². The number of amides is 1. The highest BCUT2D eigenvalue weighted by molar-refractivity contribution is 5.94. The lowest BCUT2D eigenvalue weighted by Gasteiger charge is -2.18. The van der Waals surface area contributed by atoms with Gasteiger partial charge >= 0.3 is 5.97 Å². The number of carboxylic acids is 1. The van der Waals surface area contributed by atoms with Gasteiger partial charge in [-0.15, -0.1) is 0 Å². The molecule has 1 unspecified atom stereocenters. The van der Waals surface area contributed by atoms with Crippen LogP contribution in [0.15, 0.2) is 12.1 Å². The molecule has 0 bridgehead atoms. The Balaban J connectivity index is 2.94. The first-order valence-electron chi connectivity index (χ1n) is 5.47. The smallest absolute Gasteiger partial charge is 0.337 e. The molecule has 0 aliphatic carbocycles. The fraction of sp³-hybridized carbons (Fsp3) is 0.417. The van der Waals surface area contributed by atoms with E-state index in [2.05, 4.69) is 4.98 Å². The lowest BCUT2D eigenvalue weighted by atomic mass is 10.2. The van der Waals surface area contributed by atoms with Gasteiger partial charge in [-0.2, -0.15) is 0 Å². The van der Waals surface area contributed by atoms with Crippen LogP contribution in [0.25, 0.3) is 0 Å². The van der Waals surface area contributed by atoms with Crippen LogP contribution in [0, 0.1) is 6.92 Å². The largest absolute Gasteiger partial charge is 0.478 e. The molecule has 2 N–H and O–H groups in total. The van der Waals surface area contributed by atoms with Gasteiger partial charge in [-0.3, -0.25) is 4.79 Å². The van der Waals surface area contributed by atoms with Crippen LogP contribution in [-0.2, 0) is 0 Å². The van der Waals surface area contributed by atoms with E-state index in [0.717, 1.165) is 0 Å². The summed E-state index contributed by atoms with van der Waals surface area (Å²) in [4.78, 5) is 28.0. The molecule has 0 fully saturated rings. The molecular formula is C12H16N2O4. The molecule has 6 heteroatoms. The van der Waals surface area contributed by atoms with Crippen LogP contribution in [0.2, 0.25) is 0 Å². The number of carbonyl (C=O) groups excluding carboxylic acids is 1. The Morgan fingerprint density at radius 3 is 2.50 bits per heavy atom. The Labute approximate surface area is 105 Å². The monoisotopic (exact) mass is 252 g/mol. The first-order valence-corrected chi connectivity index (χ1v) is 5.47. The van der Waals surface area contributed by atoms with Crippen LogP contribution in [0.1, 0.15) is 33.5 Å². The molecule has 0 saturated carbocycles. The summed E-state index contributed by atoms with van der Waals surface area (Å²) in [7, 11) is 1.55. The third kappa shape index (κ3) is 3.27. The second-order valence-corrected chi connectivity index (χ2v) is 4.17. The van der Waals surface area contributed by atoms with Gasteiger partial charge in [0, 0.05) is 13.6 Å². The van der Waals surface area contributed by atoms with E-state index in [-0.39, 0.29) is 23.7 Å². The molecule has 18 heavy (non-hydrogen) atoms. The summed E-state index contributed by atoms with van der Waals surface area (Å²) in [5, 5.41) is 18.1. The van der Waals surface area contributed by atoms with E-state index in [9.17, 15) is 14.7 Å². The standard InChI is InChI=1S/C12H16N2O4/c1-7(15)6-14(3)11(16)10-5-4-9(12(17)18)8(2)13-10/h4-5,7,15H,6H2,1-3H3,(H,17,18). The lowest BCUT2D eigenvalue weighted by Crippen LogP contribution is -2.33. The van der Waals surface area contributed by atoms with Gasteiger partial charge in [-0.1, -0.05) is 0 Å². The van der Waals surface area contributed by atoms with Gasteiger partial charge in [-0.25, -0.2) is 9.78 Å². The second-order valence-electron chi connectivity index (χ2n) is 4.17. The van der Waals surface area contributed by atoms with Crippen molar-refractivity contribution in [3.8, 4) is 0 Å². The molecule has 1 rings (SSSR count). The maximum absolute atomic E-state index is 11.9. The van der Waals surface area contributed by atoms with Crippen LogP contribution >= 0.6 is 0 Å². The Kier molecular flexibility index (Phi) is 4.38. The van der Waals surface area contributed by atoms with E-state index in [4.69, 9.17) is 5.11 Å². The maximum Gasteiger partial charge on any atom is 0.337 e. The average Bonchev–Trinajstić information content (AvgIpc) is 2.26. The van der Waals surface area contributed by atoms with Gasteiger partial charge in [0.1, 0.15) is 5.69 Å². The van der Waals surface area contributed by atoms with E-state index in [1.165, 1.54) is 24.0 Å². The minimum absolute atomic E-state index is 0.0738. The number of nitrogens with zero attached hydrogens (tertiary/aromatic N) is 2. The molecule has 98 valence electrons. The molecular weight excluding hydrogens is 236 g/mol. The van der Waals surface area contributed by atoms with Crippen LogP contribution < -0.4 is 0 Å². The summed E-state index contributed by atoms with van der Waals surface area (Å²) in [5.41, 5.74) is 0.532. The first-order chi connectivity index (χ1) is 8.32. The van der Waals surface area contributed by atoms with Gasteiger partial charge in [0.2, 0.25) is 0 Å². The summed E-state index contributed by atoms with van der Waals surface area (Å²) in [5.74, 6) is -1.42. The predicted molar refractivity (Wildman–Crippen MR) is 64.6 cm³/mol. The molecule has 6 nitrogen and oxygen atoms in total. The van der Waals surface area contributed by atoms with Crippen molar-refractivity contribution in [3.63, 3.8) is 0 Å². The van der Waals surface area contributed by atoms with Crippen molar-refractivity contribution in [2.75, 3.05) is 13.6 Å².